The fourth-order valence-electron chi connectivity index (χ4n) is 1.27. The van der Waals surface area contributed by atoms with Crippen LogP contribution in [-0.4, -0.2) is 41.4 Å². The molecule has 0 radical (unpaired) electrons. The lowest BCUT2D eigenvalue weighted by Gasteiger charge is -2.22. The van der Waals surface area contributed by atoms with Gasteiger partial charge in [-0.2, -0.15) is 0 Å². The van der Waals surface area contributed by atoms with Crippen LogP contribution in [0.2, 0.25) is 0 Å². The van der Waals surface area contributed by atoms with E-state index in [4.69, 9.17) is 4.74 Å². The molecule has 0 aromatic carbocycles. The highest BCUT2D eigenvalue weighted by Crippen LogP contribution is 2.28. The summed E-state index contributed by atoms with van der Waals surface area (Å²) in [6, 6.07) is 0. The number of hydrogen-bond acceptors (Lipinski definition) is 6. The number of nitrogens with zero attached hydrogens (tertiary/aromatic N) is 2. The number of hydrogen-bond donors (Lipinski definition) is 3. The fourth-order valence-corrected chi connectivity index (χ4v) is 1.27. The van der Waals surface area contributed by atoms with Gasteiger partial charge < -0.3 is 20.5 Å². The highest BCUT2D eigenvalue weighted by molar-refractivity contribution is 5.63. The lowest BCUT2D eigenvalue weighted by Crippen LogP contribution is -2.32. The Morgan fingerprint density at radius 1 is 1.41 bits per heavy atom. The quantitative estimate of drug-likeness (QED) is 0.691. The van der Waals surface area contributed by atoms with Gasteiger partial charge in [-0.15, -0.1) is 0 Å². The first-order valence-electron chi connectivity index (χ1n) is 5.57. The summed E-state index contributed by atoms with van der Waals surface area (Å²) in [5.74, 6) is 1.73. The number of nitrogens with one attached hydrogen (secondary N) is 2. The molecule has 1 atom stereocenters. The van der Waals surface area contributed by atoms with Crippen LogP contribution >= 0.6 is 0 Å². The Kier molecular flexibility index (Phi) is 4.51. The Labute approximate surface area is 101 Å². The maximum Gasteiger partial charge on any atom is 0.204 e. The summed E-state index contributed by atoms with van der Waals surface area (Å²) >= 11 is 0. The van der Waals surface area contributed by atoms with Gasteiger partial charge in [0.25, 0.3) is 0 Å². The van der Waals surface area contributed by atoms with E-state index in [2.05, 4.69) is 20.6 Å². The summed E-state index contributed by atoms with van der Waals surface area (Å²) in [5, 5.41) is 15.9. The van der Waals surface area contributed by atoms with Gasteiger partial charge in [-0.3, -0.25) is 0 Å². The van der Waals surface area contributed by atoms with Crippen molar-refractivity contribution in [2.75, 3.05) is 31.3 Å². The summed E-state index contributed by atoms with van der Waals surface area (Å²) in [6.45, 7) is 4.10. The molecule has 1 unspecified atom stereocenters. The van der Waals surface area contributed by atoms with Crippen LogP contribution in [0, 0.1) is 0 Å². The van der Waals surface area contributed by atoms with E-state index in [1.54, 1.807) is 21.1 Å². The Bertz CT molecular complexity index is 368. The van der Waals surface area contributed by atoms with Crippen molar-refractivity contribution in [3.63, 3.8) is 0 Å². The molecule has 1 aromatic rings. The zero-order valence-corrected chi connectivity index (χ0v) is 10.7. The zero-order valence-electron chi connectivity index (χ0n) is 10.7. The van der Waals surface area contributed by atoms with Crippen LogP contribution in [0.3, 0.4) is 0 Å². The van der Waals surface area contributed by atoms with Gasteiger partial charge in [-0.1, -0.05) is 6.92 Å². The summed E-state index contributed by atoms with van der Waals surface area (Å²) in [5.41, 5.74) is -0.768. The molecular formula is C11H20N4O2. The smallest absolute Gasteiger partial charge is 0.204 e. The van der Waals surface area contributed by atoms with E-state index in [0.29, 0.717) is 30.4 Å². The van der Waals surface area contributed by atoms with E-state index in [9.17, 15) is 5.11 Å². The van der Waals surface area contributed by atoms with Gasteiger partial charge in [0, 0.05) is 13.6 Å². The van der Waals surface area contributed by atoms with Crippen molar-refractivity contribution >= 4 is 11.6 Å². The monoisotopic (exact) mass is 240 g/mol. The van der Waals surface area contributed by atoms with Crippen molar-refractivity contribution in [2.45, 2.75) is 25.9 Å². The number of aromatic nitrogens is 2. The van der Waals surface area contributed by atoms with Crippen molar-refractivity contribution in [2.24, 2.45) is 0 Å². The Balaban J connectivity index is 2.84. The number of aliphatic hydroxyl groups is 1. The third-order valence-corrected chi connectivity index (χ3v) is 2.64. The highest BCUT2D eigenvalue weighted by Gasteiger charge is 2.19. The first kappa shape index (κ1) is 13.5. The number of methoxy groups -OCH3 is 1. The molecule has 0 amide bonds. The summed E-state index contributed by atoms with van der Waals surface area (Å²) in [6.07, 6.45) is 2.10. The first-order valence-corrected chi connectivity index (χ1v) is 5.57. The van der Waals surface area contributed by atoms with Crippen LogP contribution in [-0.2, 0) is 0 Å². The lowest BCUT2D eigenvalue weighted by molar-refractivity contribution is 0.0696. The second-order valence-electron chi connectivity index (χ2n) is 4.06. The third-order valence-electron chi connectivity index (χ3n) is 2.64. The van der Waals surface area contributed by atoms with Crippen LogP contribution in [0.4, 0.5) is 11.6 Å². The van der Waals surface area contributed by atoms with E-state index in [-0.39, 0.29) is 0 Å². The number of anilines is 2. The van der Waals surface area contributed by atoms with Gasteiger partial charge in [0.1, 0.15) is 6.33 Å². The molecule has 3 N–H and O–H groups in total. The SMILES string of the molecule is CCC(C)(O)CNc1ncnc(NC)c1OC. The van der Waals surface area contributed by atoms with E-state index >= 15 is 0 Å². The van der Waals surface area contributed by atoms with Gasteiger partial charge in [-0.25, -0.2) is 9.97 Å². The van der Waals surface area contributed by atoms with Crippen molar-refractivity contribution in [3.8, 4) is 5.75 Å². The maximum atomic E-state index is 9.91. The summed E-state index contributed by atoms with van der Waals surface area (Å²) in [4.78, 5) is 8.14. The molecule has 0 aliphatic rings. The average Bonchev–Trinajstić information content (AvgIpc) is 2.35. The Hall–Kier alpha value is -1.56. The molecule has 0 saturated heterocycles. The molecule has 6 nitrogen and oxygen atoms in total. The normalized spacial score (nSPS) is 13.9. The Morgan fingerprint density at radius 3 is 2.59 bits per heavy atom. The topological polar surface area (TPSA) is 79.3 Å². The zero-order chi connectivity index (χ0) is 12.9. The summed E-state index contributed by atoms with van der Waals surface area (Å²) in [7, 11) is 3.32. The van der Waals surface area contributed by atoms with Crippen molar-refractivity contribution in [1.82, 2.24) is 9.97 Å². The molecule has 0 spiro atoms. The molecule has 17 heavy (non-hydrogen) atoms. The van der Waals surface area contributed by atoms with Crippen molar-refractivity contribution in [1.29, 1.82) is 0 Å². The minimum atomic E-state index is -0.768. The van der Waals surface area contributed by atoms with Crippen molar-refractivity contribution in [3.05, 3.63) is 6.33 Å². The second-order valence-corrected chi connectivity index (χ2v) is 4.06. The highest BCUT2D eigenvalue weighted by atomic mass is 16.5. The predicted molar refractivity (Wildman–Crippen MR) is 67.5 cm³/mol. The summed E-state index contributed by atoms with van der Waals surface area (Å²) < 4.78 is 5.23. The molecule has 0 bridgehead atoms. The van der Waals surface area contributed by atoms with Crippen LogP contribution in [0.1, 0.15) is 20.3 Å². The fraction of sp³-hybridized carbons (Fsp3) is 0.636. The van der Waals surface area contributed by atoms with Crippen LogP contribution in [0.5, 0.6) is 5.75 Å². The van der Waals surface area contributed by atoms with Crippen LogP contribution in [0.15, 0.2) is 6.33 Å². The first-order chi connectivity index (χ1) is 8.04. The molecule has 0 aliphatic heterocycles. The molecule has 96 valence electrons. The predicted octanol–water partition coefficient (Wildman–Crippen LogP) is 1.10. The largest absolute Gasteiger partial charge is 0.490 e. The minimum Gasteiger partial charge on any atom is -0.490 e. The molecule has 6 heteroatoms. The van der Waals surface area contributed by atoms with Gasteiger partial charge in [0.15, 0.2) is 11.6 Å². The van der Waals surface area contributed by atoms with E-state index in [1.807, 2.05) is 6.92 Å². The van der Waals surface area contributed by atoms with Gasteiger partial charge in [0.2, 0.25) is 5.75 Å². The molecule has 0 aliphatic carbocycles. The van der Waals surface area contributed by atoms with Gasteiger partial charge in [0.05, 0.1) is 12.7 Å². The molecule has 1 heterocycles. The van der Waals surface area contributed by atoms with E-state index < -0.39 is 5.60 Å². The average molecular weight is 240 g/mol. The van der Waals surface area contributed by atoms with Gasteiger partial charge >= 0.3 is 0 Å². The number of rotatable bonds is 6. The maximum absolute atomic E-state index is 9.91. The standard InChI is InChI=1S/C11H20N4O2/c1-5-11(2,16)6-13-10-8(17-4)9(12-3)14-7-15-10/h7,16H,5-6H2,1-4H3,(H2,12,13,14,15). The van der Waals surface area contributed by atoms with Crippen molar-refractivity contribution < 1.29 is 9.84 Å². The van der Waals surface area contributed by atoms with Crippen LogP contribution in [0.25, 0.3) is 0 Å². The van der Waals surface area contributed by atoms with Crippen LogP contribution < -0.4 is 15.4 Å². The van der Waals surface area contributed by atoms with Gasteiger partial charge in [-0.05, 0) is 13.3 Å². The minimum absolute atomic E-state index is 0.403. The lowest BCUT2D eigenvalue weighted by atomic mass is 10.0. The van der Waals surface area contributed by atoms with E-state index in [1.165, 1.54) is 6.33 Å². The molecular weight excluding hydrogens is 220 g/mol. The number of ether oxygens (including phenoxy) is 1. The molecule has 1 rings (SSSR count). The molecule has 0 saturated carbocycles. The molecule has 0 fully saturated rings. The van der Waals surface area contributed by atoms with E-state index in [0.717, 1.165) is 0 Å². The Morgan fingerprint density at radius 2 is 2.06 bits per heavy atom. The molecule has 1 aromatic heterocycles. The second kappa shape index (κ2) is 5.67. The third kappa shape index (κ3) is 3.45.